The quantitative estimate of drug-likeness (QED) is 0.574. The maximum absolute atomic E-state index is 14.1. The monoisotopic (exact) mass is 409 g/mol. The minimum absolute atomic E-state index is 0.175. The predicted molar refractivity (Wildman–Crippen MR) is 99.8 cm³/mol. The van der Waals surface area contributed by atoms with Crippen LogP contribution in [0.1, 0.15) is 0 Å². The lowest BCUT2D eigenvalue weighted by Crippen LogP contribution is -2.11. The SMILES string of the molecule is CS(=O)(=O)Nc1ccccc1Nc1nc(Nc2cc(F)ccc2F)ncc1F. The maximum Gasteiger partial charge on any atom is 0.229 e. The molecule has 0 aliphatic heterocycles. The Morgan fingerprint density at radius 2 is 1.61 bits per heavy atom. The average Bonchev–Trinajstić information content (AvgIpc) is 2.61. The van der Waals surface area contributed by atoms with Gasteiger partial charge in [0.05, 0.1) is 29.5 Å². The molecule has 0 amide bonds. The first-order valence-electron chi connectivity index (χ1n) is 7.80. The van der Waals surface area contributed by atoms with Crippen molar-refractivity contribution in [1.29, 1.82) is 0 Å². The van der Waals surface area contributed by atoms with Gasteiger partial charge < -0.3 is 10.6 Å². The van der Waals surface area contributed by atoms with Crippen LogP contribution in [0.4, 0.5) is 42.0 Å². The van der Waals surface area contributed by atoms with Crippen LogP contribution in [0.2, 0.25) is 0 Å². The number of benzene rings is 2. The summed E-state index contributed by atoms with van der Waals surface area (Å²) in [4.78, 5) is 7.59. The number of nitrogens with zero attached hydrogens (tertiary/aromatic N) is 2. The molecule has 0 aliphatic carbocycles. The van der Waals surface area contributed by atoms with Crippen LogP contribution in [-0.2, 0) is 10.0 Å². The normalized spacial score (nSPS) is 11.1. The molecule has 0 unspecified atom stereocenters. The molecule has 7 nitrogen and oxygen atoms in total. The molecule has 2 aromatic carbocycles. The highest BCUT2D eigenvalue weighted by atomic mass is 32.2. The number of halogens is 3. The van der Waals surface area contributed by atoms with Gasteiger partial charge in [-0.05, 0) is 24.3 Å². The van der Waals surface area contributed by atoms with Crippen molar-refractivity contribution < 1.29 is 21.6 Å². The van der Waals surface area contributed by atoms with E-state index in [0.717, 1.165) is 30.7 Å². The molecule has 3 rings (SSSR count). The zero-order chi connectivity index (χ0) is 20.3. The van der Waals surface area contributed by atoms with E-state index in [0.29, 0.717) is 0 Å². The molecular formula is C17H14F3N5O2S. The fourth-order valence-corrected chi connectivity index (χ4v) is 2.81. The van der Waals surface area contributed by atoms with Crippen molar-refractivity contribution in [2.75, 3.05) is 21.6 Å². The highest BCUT2D eigenvalue weighted by Crippen LogP contribution is 2.27. The molecule has 0 atom stereocenters. The Morgan fingerprint density at radius 1 is 0.893 bits per heavy atom. The molecule has 0 saturated carbocycles. The third-order valence-corrected chi connectivity index (χ3v) is 3.99. The number of sulfonamides is 1. The predicted octanol–water partition coefficient (Wildman–Crippen LogP) is 3.75. The molecule has 0 radical (unpaired) electrons. The Morgan fingerprint density at radius 3 is 2.32 bits per heavy atom. The summed E-state index contributed by atoms with van der Waals surface area (Å²) in [7, 11) is -3.57. The van der Waals surface area contributed by atoms with E-state index in [4.69, 9.17) is 0 Å². The van der Waals surface area contributed by atoms with Crippen molar-refractivity contribution in [3.8, 4) is 0 Å². The molecule has 0 bridgehead atoms. The number of nitrogens with one attached hydrogen (secondary N) is 3. The molecule has 0 saturated heterocycles. The number of hydrogen-bond donors (Lipinski definition) is 3. The minimum Gasteiger partial charge on any atom is -0.336 e. The van der Waals surface area contributed by atoms with Gasteiger partial charge in [-0.25, -0.2) is 26.6 Å². The Kier molecular flexibility index (Phi) is 5.36. The smallest absolute Gasteiger partial charge is 0.229 e. The van der Waals surface area contributed by atoms with Crippen LogP contribution in [0.25, 0.3) is 0 Å². The van der Waals surface area contributed by atoms with E-state index in [1.807, 2.05) is 0 Å². The molecule has 0 fully saturated rings. The molecule has 1 heterocycles. The molecule has 146 valence electrons. The highest BCUT2D eigenvalue weighted by Gasteiger charge is 2.13. The van der Waals surface area contributed by atoms with Crippen molar-refractivity contribution in [1.82, 2.24) is 9.97 Å². The van der Waals surface area contributed by atoms with E-state index >= 15 is 0 Å². The summed E-state index contributed by atoms with van der Waals surface area (Å²) in [5.74, 6) is -2.74. The lowest BCUT2D eigenvalue weighted by atomic mass is 10.2. The Hall–Kier alpha value is -3.34. The first-order chi connectivity index (χ1) is 13.2. The molecule has 0 aliphatic rings. The van der Waals surface area contributed by atoms with Crippen molar-refractivity contribution in [2.24, 2.45) is 0 Å². The summed E-state index contributed by atoms with van der Waals surface area (Å²) in [6.07, 6.45) is 1.81. The summed E-state index contributed by atoms with van der Waals surface area (Å²) in [6.45, 7) is 0. The minimum atomic E-state index is -3.57. The fourth-order valence-electron chi connectivity index (χ4n) is 2.24. The fraction of sp³-hybridized carbons (Fsp3) is 0.0588. The summed E-state index contributed by atoms with van der Waals surface area (Å²) in [5.41, 5.74) is 0.179. The van der Waals surface area contributed by atoms with Gasteiger partial charge in [0.15, 0.2) is 11.6 Å². The zero-order valence-electron chi connectivity index (χ0n) is 14.4. The highest BCUT2D eigenvalue weighted by molar-refractivity contribution is 7.92. The summed E-state index contributed by atoms with van der Waals surface area (Å²) in [6, 6.07) is 8.96. The molecule has 1 aromatic heterocycles. The number of hydrogen-bond acceptors (Lipinski definition) is 6. The molecule has 11 heteroatoms. The topological polar surface area (TPSA) is 96.0 Å². The van der Waals surface area contributed by atoms with E-state index in [1.54, 1.807) is 12.1 Å². The first-order valence-corrected chi connectivity index (χ1v) is 9.69. The van der Waals surface area contributed by atoms with Gasteiger partial charge in [-0.3, -0.25) is 4.72 Å². The van der Waals surface area contributed by atoms with Gasteiger partial charge >= 0.3 is 0 Å². The molecule has 28 heavy (non-hydrogen) atoms. The number of aromatic nitrogens is 2. The van der Waals surface area contributed by atoms with Crippen LogP contribution < -0.4 is 15.4 Å². The van der Waals surface area contributed by atoms with Gasteiger partial charge in [0.1, 0.15) is 11.6 Å². The van der Waals surface area contributed by atoms with Crippen LogP contribution in [0, 0.1) is 17.5 Å². The Labute approximate surface area is 158 Å². The van der Waals surface area contributed by atoms with Crippen molar-refractivity contribution in [3.05, 3.63) is 66.1 Å². The zero-order valence-corrected chi connectivity index (χ0v) is 15.2. The first kappa shape index (κ1) is 19.4. The van der Waals surface area contributed by atoms with Gasteiger partial charge in [0, 0.05) is 6.07 Å². The van der Waals surface area contributed by atoms with E-state index < -0.39 is 27.5 Å². The second kappa shape index (κ2) is 7.72. The van der Waals surface area contributed by atoms with Gasteiger partial charge in [0.2, 0.25) is 16.0 Å². The number of para-hydroxylation sites is 2. The molecule has 0 spiro atoms. The third-order valence-electron chi connectivity index (χ3n) is 3.39. The van der Waals surface area contributed by atoms with Crippen LogP contribution in [0.15, 0.2) is 48.7 Å². The second-order valence-electron chi connectivity index (χ2n) is 5.68. The molecular weight excluding hydrogens is 395 g/mol. The van der Waals surface area contributed by atoms with Crippen LogP contribution >= 0.6 is 0 Å². The second-order valence-corrected chi connectivity index (χ2v) is 7.43. The lowest BCUT2D eigenvalue weighted by Gasteiger charge is -2.13. The van der Waals surface area contributed by atoms with Gasteiger partial charge in [-0.1, -0.05) is 12.1 Å². The summed E-state index contributed by atoms with van der Waals surface area (Å²) >= 11 is 0. The van der Waals surface area contributed by atoms with Crippen molar-refractivity contribution >= 4 is 38.9 Å². The summed E-state index contributed by atoms with van der Waals surface area (Å²) in [5, 5.41) is 5.12. The van der Waals surface area contributed by atoms with E-state index in [-0.39, 0.29) is 28.8 Å². The average molecular weight is 409 g/mol. The third kappa shape index (κ3) is 4.88. The summed E-state index contributed by atoms with van der Waals surface area (Å²) < 4.78 is 66.4. The van der Waals surface area contributed by atoms with Crippen LogP contribution in [-0.4, -0.2) is 24.6 Å². The molecule has 3 N–H and O–H groups in total. The Balaban J connectivity index is 1.90. The van der Waals surface area contributed by atoms with E-state index in [1.165, 1.54) is 12.1 Å². The van der Waals surface area contributed by atoms with Crippen LogP contribution in [0.3, 0.4) is 0 Å². The molecule has 3 aromatic rings. The van der Waals surface area contributed by atoms with Gasteiger partial charge in [0.25, 0.3) is 0 Å². The van der Waals surface area contributed by atoms with Crippen molar-refractivity contribution in [3.63, 3.8) is 0 Å². The number of rotatable bonds is 6. The van der Waals surface area contributed by atoms with Gasteiger partial charge in [-0.15, -0.1) is 0 Å². The van der Waals surface area contributed by atoms with Crippen molar-refractivity contribution in [2.45, 2.75) is 0 Å². The van der Waals surface area contributed by atoms with Gasteiger partial charge in [-0.2, -0.15) is 4.98 Å². The largest absolute Gasteiger partial charge is 0.336 e. The Bertz CT molecular complexity index is 1130. The standard InChI is InChI=1S/C17H14F3N5O2S/c1-28(26,27)25-14-5-3-2-4-13(14)22-16-12(20)9-21-17(24-16)23-15-8-10(18)6-7-11(15)19/h2-9,25H,1H3,(H2,21,22,23,24). The van der Waals surface area contributed by atoms with Crippen LogP contribution in [0.5, 0.6) is 0 Å². The maximum atomic E-state index is 14.1. The van der Waals surface area contributed by atoms with E-state index in [9.17, 15) is 21.6 Å². The number of anilines is 5. The lowest BCUT2D eigenvalue weighted by molar-refractivity contribution is 0.603. The van der Waals surface area contributed by atoms with E-state index in [2.05, 4.69) is 25.3 Å².